The van der Waals surface area contributed by atoms with Crippen molar-refractivity contribution >= 4 is 158 Å². The van der Waals surface area contributed by atoms with Gasteiger partial charge in [0.25, 0.3) is 0 Å². The van der Waals surface area contributed by atoms with E-state index < -0.39 is 194 Å². The van der Waals surface area contributed by atoms with Crippen molar-refractivity contribution in [2.75, 3.05) is 43.1 Å². The van der Waals surface area contributed by atoms with Gasteiger partial charge in [-0.25, -0.2) is 4.79 Å². The molecule has 0 aliphatic carbocycles. The van der Waals surface area contributed by atoms with Gasteiger partial charge < -0.3 is 111 Å². The van der Waals surface area contributed by atoms with Crippen LogP contribution in [0.1, 0.15) is 93.9 Å². The Morgan fingerprint density at radius 3 is 1.25 bits per heavy atom. The number of thiol groups is 2. The van der Waals surface area contributed by atoms with Crippen LogP contribution in [0.25, 0.3) is 32.7 Å². The predicted molar refractivity (Wildman–Crippen MR) is 447 cm³/mol. The lowest BCUT2D eigenvalue weighted by Crippen LogP contribution is -2.61. The highest BCUT2D eigenvalue weighted by atomic mass is 32.2. The number of thioether (sulfide) groups is 1. The monoisotopic (exact) mass is 1690 g/mol. The van der Waals surface area contributed by atoms with Crippen LogP contribution in [-0.2, 0) is 97.6 Å². The fraction of sp³-hybridized carbons (Fsp3) is 0.430. The highest BCUT2D eigenvalue weighted by Gasteiger charge is 2.37. The highest BCUT2D eigenvalue weighted by molar-refractivity contribution is 7.98. The second kappa shape index (κ2) is 46.9. The zero-order valence-corrected chi connectivity index (χ0v) is 67.9. The maximum absolute atomic E-state index is 14.8. The number of carbonyl (C=O) groups is 15. The van der Waals surface area contributed by atoms with Gasteiger partial charge >= 0.3 is 11.9 Å². The van der Waals surface area contributed by atoms with Crippen LogP contribution in [0, 0.1) is 5.92 Å². The summed E-state index contributed by atoms with van der Waals surface area (Å²) in [6.45, 7) is 2.28. The summed E-state index contributed by atoms with van der Waals surface area (Å²) in [5, 5.41) is 61.9. The lowest BCUT2D eigenvalue weighted by atomic mass is 10.0. The molecule has 11 atom stereocenters. The van der Waals surface area contributed by atoms with Gasteiger partial charge in [-0.2, -0.15) is 37.0 Å². The molecule has 0 fully saturated rings. The Balaban J connectivity index is 1.03. The normalized spacial score (nSPS) is 14.1. The van der Waals surface area contributed by atoms with Crippen molar-refractivity contribution < 1.29 is 87.2 Å². The second-order valence-electron chi connectivity index (χ2n) is 28.7. The van der Waals surface area contributed by atoms with E-state index in [2.05, 4.69) is 104 Å². The molecule has 0 radical (unpaired) electrons. The van der Waals surface area contributed by atoms with E-state index in [9.17, 15) is 87.2 Å². The van der Waals surface area contributed by atoms with Crippen LogP contribution in [0.3, 0.4) is 0 Å². The first kappa shape index (κ1) is 93.5. The lowest BCUT2D eigenvalue weighted by molar-refractivity contribution is -0.143. The summed E-state index contributed by atoms with van der Waals surface area (Å²) in [7, 11) is 0. The lowest BCUT2D eigenvalue weighted by Gasteiger charge is -2.27. The number of H-pyrrole nitrogens is 3. The molecule has 0 unspecified atom stereocenters. The largest absolute Gasteiger partial charge is 0.508 e. The summed E-state index contributed by atoms with van der Waals surface area (Å²) in [4.78, 5) is 215. The first-order chi connectivity index (χ1) is 56.4. The first-order valence-corrected chi connectivity index (χ1v) is 40.9. The van der Waals surface area contributed by atoms with Gasteiger partial charge in [0.05, 0.1) is 19.1 Å². The number of aromatic amines is 3. The fourth-order valence-electron chi connectivity index (χ4n) is 12.8. The Hall–Kier alpha value is -11.7. The molecule has 0 bridgehead atoms. The number of carbonyl (C=O) groups excluding carboxylic acids is 13. The van der Waals surface area contributed by atoms with Gasteiger partial charge in [0, 0.05) is 101 Å². The molecule has 3 aromatic heterocycles. The molecule has 0 aliphatic rings. The number of carboxylic acids is 2. The smallest absolute Gasteiger partial charge is 0.326 e. The van der Waals surface area contributed by atoms with E-state index in [0.717, 1.165) is 0 Å². The average molecular weight is 1690 g/mol. The van der Waals surface area contributed by atoms with Crippen LogP contribution in [0.2, 0.25) is 0 Å². The molecule has 4 aromatic carbocycles. The molecular weight excluding hydrogens is 1590 g/mol. The average Bonchev–Trinajstić information content (AvgIpc) is 1.67. The number of para-hydroxylation sites is 3. The molecule has 7 rings (SSSR count). The standard InChI is InChI=1S/C79H104N18O18S3/c1-42(2)30-58(74(109)96-63(40-116)71(106)87-39-67(101)89-61(33-45-36-84-53-17-8-5-13-49(45)53)76(111)92-57(79(114)115)24-26-68(102)103)88-66(100)38-86-70(105)60(32-44-35-83-52-16-7-4-12-48(44)52)94-72(107)55(23-25-65(82)99)90-73(108)56(27-29-118-3)91-78(113)64(41-117)97-77(112)62(34-46-37-85-54-18-9-6-14-50(46)54)95-75(110)59(31-43-19-21-47(98)22-20-43)93-69(104)51(81)15-10-11-28-80/h4-9,12-14,16-22,35-37,42,51,55-64,83-85,98,116-117H,10-11,15,23-34,38-41,80-81H2,1-3H3,(H2,82,99)(H,86,105)(H,87,106)(H,88,100)(H,89,101)(H,90,108)(H,91,113)(H,92,111)(H,93,104)(H,94,107)(H,95,110)(H,96,109)(H,97,112)(H,102,103)(H,114,115)/t51-,55-,56-,57-,58-,59-,60-,61-,62-,63-,64-/m0/s1. The number of aromatic nitrogens is 3. The summed E-state index contributed by atoms with van der Waals surface area (Å²) in [5.74, 6) is -15.3. The van der Waals surface area contributed by atoms with Crippen LogP contribution in [-0.4, -0.2) is 229 Å². The number of carboxylic acid groups (broad SMARTS) is 2. The Morgan fingerprint density at radius 2 is 0.805 bits per heavy atom. The van der Waals surface area contributed by atoms with Crippen molar-refractivity contribution in [3.8, 4) is 5.75 Å². The van der Waals surface area contributed by atoms with Gasteiger partial charge in [0.2, 0.25) is 76.8 Å². The number of nitrogens with two attached hydrogens (primary N) is 3. The zero-order chi connectivity index (χ0) is 86.1. The Labute approximate surface area is 694 Å². The number of rotatable bonds is 50. The summed E-state index contributed by atoms with van der Waals surface area (Å²) >= 11 is 9.97. The molecule has 7 aromatic rings. The molecule has 0 saturated heterocycles. The van der Waals surface area contributed by atoms with E-state index >= 15 is 0 Å². The minimum atomic E-state index is -1.64. The van der Waals surface area contributed by atoms with E-state index in [1.807, 2.05) is 6.07 Å². The molecular formula is C79H104N18O18S3. The van der Waals surface area contributed by atoms with Crippen molar-refractivity contribution in [1.82, 2.24) is 78.8 Å². The molecule has 636 valence electrons. The van der Waals surface area contributed by atoms with Crippen LogP contribution >= 0.6 is 37.0 Å². The number of amides is 13. The van der Waals surface area contributed by atoms with Crippen LogP contribution in [0.4, 0.5) is 0 Å². The van der Waals surface area contributed by atoms with E-state index in [0.29, 0.717) is 74.3 Å². The van der Waals surface area contributed by atoms with Crippen molar-refractivity contribution in [2.45, 2.75) is 164 Å². The van der Waals surface area contributed by atoms with Gasteiger partial charge in [0.1, 0.15) is 66.2 Å². The Kier molecular flexibility index (Phi) is 37.2. The Morgan fingerprint density at radius 1 is 0.432 bits per heavy atom. The number of benzene rings is 4. The van der Waals surface area contributed by atoms with Crippen LogP contribution < -0.4 is 81.0 Å². The minimum Gasteiger partial charge on any atom is -0.508 e. The topological polar surface area (TPSA) is 587 Å². The molecule has 3 heterocycles. The maximum atomic E-state index is 14.8. The summed E-state index contributed by atoms with van der Waals surface area (Å²) < 4.78 is 0. The number of phenols is 1. The van der Waals surface area contributed by atoms with Gasteiger partial charge in [0.15, 0.2) is 0 Å². The molecule has 24 N–H and O–H groups in total. The van der Waals surface area contributed by atoms with Gasteiger partial charge in [-0.15, -0.1) is 0 Å². The number of phenolic OH excluding ortho intramolecular Hbond substituents is 1. The van der Waals surface area contributed by atoms with Crippen molar-refractivity contribution in [3.63, 3.8) is 0 Å². The highest BCUT2D eigenvalue weighted by Crippen LogP contribution is 2.24. The summed E-state index contributed by atoms with van der Waals surface area (Å²) in [6.07, 6.45) is 5.23. The number of aliphatic carboxylic acids is 2. The number of aromatic hydroxyl groups is 1. The number of nitrogens with one attached hydrogen (secondary N) is 15. The molecule has 13 amide bonds. The minimum absolute atomic E-state index is 0.0164. The van der Waals surface area contributed by atoms with Gasteiger partial charge in [-0.1, -0.05) is 87.0 Å². The molecule has 118 heavy (non-hydrogen) atoms. The quantitative estimate of drug-likeness (QED) is 0.0169. The van der Waals surface area contributed by atoms with Crippen LogP contribution in [0.15, 0.2) is 116 Å². The molecule has 36 nitrogen and oxygen atoms in total. The van der Waals surface area contributed by atoms with E-state index in [4.69, 9.17) is 17.2 Å². The third kappa shape index (κ3) is 29.2. The molecule has 39 heteroatoms. The summed E-state index contributed by atoms with van der Waals surface area (Å²) in [6, 6.07) is 11.4. The number of unbranched alkanes of at least 4 members (excludes halogenated alkanes) is 1. The third-order valence-electron chi connectivity index (χ3n) is 19.2. The first-order valence-electron chi connectivity index (χ1n) is 38.3. The van der Waals surface area contributed by atoms with E-state index in [1.165, 1.54) is 23.9 Å². The fourth-order valence-corrected chi connectivity index (χ4v) is 13.8. The van der Waals surface area contributed by atoms with Gasteiger partial charge in [-0.05, 0) is 116 Å². The zero-order valence-electron chi connectivity index (χ0n) is 65.3. The maximum Gasteiger partial charge on any atom is 0.326 e. The molecule has 0 saturated carbocycles. The number of hydrogen-bond donors (Lipinski definition) is 23. The summed E-state index contributed by atoms with van der Waals surface area (Å²) in [5.41, 5.74) is 21.8. The third-order valence-corrected chi connectivity index (χ3v) is 20.6. The number of primary amides is 1. The van der Waals surface area contributed by atoms with E-state index in [1.54, 1.807) is 118 Å². The molecule has 0 spiro atoms. The van der Waals surface area contributed by atoms with E-state index in [-0.39, 0.29) is 73.9 Å². The number of fused-ring (bicyclic) bond motifs is 3. The van der Waals surface area contributed by atoms with Crippen LogP contribution in [0.5, 0.6) is 5.75 Å². The number of hydrogen-bond acceptors (Lipinski definition) is 21. The Bertz CT molecular complexity index is 4670. The SMILES string of the molecule is CSCC[C@H](NC(=O)[C@H](CS)NC(=O)[C@H](Cc1c[nH]c2ccccc12)NC(=O)[C@H](Cc1ccc(O)cc1)NC(=O)[C@@H](N)CCCCN)C(=O)N[C@@H](CCC(N)=O)C(=O)N[C@@H](Cc1c[nH]c2ccccc12)C(=O)NCC(=O)N[C@@H](CC(C)C)C(=O)N[C@@H](CS)C(=O)NCC(=O)N[C@@H](Cc1c[nH]c2ccccc12)C(=O)N[C@@H](CCC(=O)O)C(=O)O. The van der Waals surface area contributed by atoms with Gasteiger partial charge in [-0.3, -0.25) is 67.1 Å². The molecule has 0 aliphatic heterocycles. The van der Waals surface area contributed by atoms with Crippen molar-refractivity contribution in [1.29, 1.82) is 0 Å². The predicted octanol–water partition coefficient (Wildman–Crippen LogP) is -0.483. The van der Waals surface area contributed by atoms with Crippen molar-refractivity contribution in [2.24, 2.45) is 23.1 Å². The second-order valence-corrected chi connectivity index (χ2v) is 30.4. The van der Waals surface area contributed by atoms with Crippen molar-refractivity contribution in [3.05, 3.63) is 138 Å².